The molecule has 0 saturated carbocycles. The molecule has 1 heterocycles. The van der Waals surface area contributed by atoms with Crippen molar-refractivity contribution in [1.82, 2.24) is 0 Å². The van der Waals surface area contributed by atoms with E-state index in [0.29, 0.717) is 0 Å². The maximum absolute atomic E-state index is 6.65. The fourth-order valence-corrected chi connectivity index (χ4v) is 9.69. The van der Waals surface area contributed by atoms with Crippen LogP contribution >= 0.6 is 0 Å². The molecule has 3 nitrogen and oxygen atoms in total. The number of hydrogen-bond donors (Lipinski definition) is 0. The molecule has 258 valence electrons. The molecule has 0 aliphatic heterocycles. The highest BCUT2D eigenvalue weighted by Gasteiger charge is 2.49. The molecule has 0 amide bonds. The Morgan fingerprint density at radius 3 is 1.43 bits per heavy atom. The summed E-state index contributed by atoms with van der Waals surface area (Å²) in [6, 6.07) is 66.3. The van der Waals surface area contributed by atoms with Crippen molar-refractivity contribution in [2.45, 2.75) is 31.1 Å². The Hall–Kier alpha value is -6.58. The Bertz CT molecular complexity index is 2800. The van der Waals surface area contributed by atoms with Gasteiger partial charge in [0.25, 0.3) is 0 Å². The first-order valence-electron chi connectivity index (χ1n) is 19.1. The minimum absolute atomic E-state index is 0.143. The second kappa shape index (κ2) is 12.2. The molecule has 1 aromatic heterocycles. The Morgan fingerprint density at radius 1 is 0.389 bits per heavy atom. The smallest absolute Gasteiger partial charge is 0.137 e. The standard InChI is InChI=1S/C51H38N2O/c1-4-18-39(19-5-1)52(40-20-6-2-7-21-40)45-24-12-16-35-28-30-51(49(35)45)31-29-36-17-13-25-46(50(36)51)53(41-22-8-3-9-23-41)42-26-27-43-44-32-37-14-10-11-15-38(37)33-47(44)54-48(43)34-42/h1-27,32-34H,28-31H2/t51-/m1/s1. The van der Waals surface area contributed by atoms with Gasteiger partial charge in [0, 0.05) is 45.0 Å². The molecule has 0 bridgehead atoms. The maximum atomic E-state index is 6.65. The number of furan rings is 1. The zero-order valence-corrected chi connectivity index (χ0v) is 30.0. The van der Waals surface area contributed by atoms with Gasteiger partial charge in [-0.05, 0) is 132 Å². The van der Waals surface area contributed by atoms with Crippen LogP contribution in [0, 0.1) is 0 Å². The van der Waals surface area contributed by atoms with Gasteiger partial charge in [0.15, 0.2) is 0 Å². The summed E-state index contributed by atoms with van der Waals surface area (Å²) in [7, 11) is 0. The number of hydrogen-bond acceptors (Lipinski definition) is 3. The average Bonchev–Trinajstić information content (AvgIpc) is 3.92. The topological polar surface area (TPSA) is 19.6 Å². The molecule has 9 aromatic rings. The van der Waals surface area contributed by atoms with Gasteiger partial charge < -0.3 is 14.2 Å². The van der Waals surface area contributed by atoms with E-state index < -0.39 is 0 Å². The zero-order chi connectivity index (χ0) is 35.6. The van der Waals surface area contributed by atoms with E-state index in [1.807, 2.05) is 0 Å². The predicted molar refractivity (Wildman–Crippen MR) is 224 cm³/mol. The third-order valence-corrected chi connectivity index (χ3v) is 12.0. The summed E-state index contributed by atoms with van der Waals surface area (Å²) in [5.74, 6) is 0. The summed E-state index contributed by atoms with van der Waals surface area (Å²) in [6.45, 7) is 0. The first kappa shape index (κ1) is 31.0. The van der Waals surface area contributed by atoms with Gasteiger partial charge in [-0.15, -0.1) is 0 Å². The van der Waals surface area contributed by atoms with E-state index in [0.717, 1.165) is 59.0 Å². The molecule has 0 N–H and O–H groups in total. The molecule has 0 saturated heterocycles. The number of aryl methyl sites for hydroxylation is 2. The van der Waals surface area contributed by atoms with Crippen LogP contribution in [0.4, 0.5) is 34.1 Å². The highest BCUT2D eigenvalue weighted by atomic mass is 16.3. The Kier molecular flexibility index (Phi) is 7.03. The Labute approximate surface area is 315 Å². The minimum Gasteiger partial charge on any atom is -0.456 e. The van der Waals surface area contributed by atoms with E-state index in [1.54, 1.807) is 0 Å². The summed E-state index contributed by atoms with van der Waals surface area (Å²) in [6.07, 6.45) is 4.27. The molecule has 1 spiro atoms. The predicted octanol–water partition coefficient (Wildman–Crippen LogP) is 13.9. The molecular formula is C51H38N2O. The summed E-state index contributed by atoms with van der Waals surface area (Å²) >= 11 is 0. The summed E-state index contributed by atoms with van der Waals surface area (Å²) in [4.78, 5) is 4.95. The number of rotatable bonds is 6. The molecule has 54 heavy (non-hydrogen) atoms. The van der Waals surface area contributed by atoms with Crippen molar-refractivity contribution in [1.29, 1.82) is 0 Å². The van der Waals surface area contributed by atoms with Crippen LogP contribution in [0.15, 0.2) is 186 Å². The van der Waals surface area contributed by atoms with Gasteiger partial charge in [0.2, 0.25) is 0 Å². The first-order chi connectivity index (χ1) is 26.7. The fraction of sp³-hybridized carbons (Fsp3) is 0.0980. The lowest BCUT2D eigenvalue weighted by Crippen LogP contribution is -2.27. The summed E-state index contributed by atoms with van der Waals surface area (Å²) in [5.41, 5.74) is 14.6. The molecule has 3 heteroatoms. The second-order valence-electron chi connectivity index (χ2n) is 14.9. The molecule has 0 radical (unpaired) electrons. The molecular weight excluding hydrogens is 657 g/mol. The normalized spacial score (nSPS) is 15.9. The maximum Gasteiger partial charge on any atom is 0.137 e. The number of nitrogens with zero attached hydrogens (tertiary/aromatic N) is 2. The fourth-order valence-electron chi connectivity index (χ4n) is 9.69. The second-order valence-corrected chi connectivity index (χ2v) is 14.9. The van der Waals surface area contributed by atoms with E-state index in [4.69, 9.17) is 4.42 Å². The molecule has 2 aliphatic carbocycles. The van der Waals surface area contributed by atoms with Crippen LogP contribution in [-0.4, -0.2) is 0 Å². The van der Waals surface area contributed by atoms with Gasteiger partial charge in [-0.2, -0.15) is 0 Å². The molecule has 2 aliphatic rings. The third kappa shape index (κ3) is 4.75. The molecule has 1 atom stereocenters. The molecule has 0 unspecified atom stereocenters. The van der Waals surface area contributed by atoms with Crippen molar-refractivity contribution in [2.75, 3.05) is 9.80 Å². The van der Waals surface area contributed by atoms with E-state index in [-0.39, 0.29) is 5.41 Å². The molecule has 0 fully saturated rings. The van der Waals surface area contributed by atoms with Crippen LogP contribution in [0.2, 0.25) is 0 Å². The Morgan fingerprint density at radius 2 is 0.870 bits per heavy atom. The number of para-hydroxylation sites is 3. The lowest BCUT2D eigenvalue weighted by molar-refractivity contribution is 0.508. The van der Waals surface area contributed by atoms with Gasteiger partial charge in [-0.1, -0.05) is 103 Å². The van der Waals surface area contributed by atoms with Gasteiger partial charge in [-0.25, -0.2) is 0 Å². The molecule has 8 aromatic carbocycles. The van der Waals surface area contributed by atoms with Gasteiger partial charge in [0.05, 0.1) is 11.4 Å². The highest BCUT2D eigenvalue weighted by Crippen LogP contribution is 2.60. The largest absolute Gasteiger partial charge is 0.456 e. The van der Waals surface area contributed by atoms with Crippen molar-refractivity contribution >= 4 is 66.8 Å². The van der Waals surface area contributed by atoms with E-state index in [1.165, 1.54) is 55.8 Å². The van der Waals surface area contributed by atoms with Crippen molar-refractivity contribution in [3.05, 3.63) is 204 Å². The zero-order valence-electron chi connectivity index (χ0n) is 30.0. The van der Waals surface area contributed by atoms with E-state index in [2.05, 4.69) is 192 Å². The number of anilines is 6. The quantitative estimate of drug-likeness (QED) is 0.173. The van der Waals surface area contributed by atoms with Crippen LogP contribution < -0.4 is 9.80 Å². The van der Waals surface area contributed by atoms with Crippen molar-refractivity contribution in [3.8, 4) is 0 Å². The van der Waals surface area contributed by atoms with Crippen LogP contribution in [0.3, 0.4) is 0 Å². The number of fused-ring (bicyclic) bond motifs is 8. The van der Waals surface area contributed by atoms with Crippen LogP contribution in [-0.2, 0) is 18.3 Å². The van der Waals surface area contributed by atoms with Crippen molar-refractivity contribution < 1.29 is 4.42 Å². The SMILES string of the molecule is c1ccc(N(c2ccccc2)c2cccc3c2[C@@]2(CC3)CCc3cccc(N(c4ccccc4)c4ccc5c(c4)oc4cc6ccccc6cc45)c32)cc1. The Balaban J connectivity index is 1.12. The van der Waals surface area contributed by atoms with Crippen LogP contribution in [0.1, 0.15) is 35.1 Å². The monoisotopic (exact) mass is 694 g/mol. The third-order valence-electron chi connectivity index (χ3n) is 12.0. The lowest BCUT2D eigenvalue weighted by Gasteiger charge is -2.37. The highest BCUT2D eigenvalue weighted by molar-refractivity contribution is 6.11. The van der Waals surface area contributed by atoms with Gasteiger partial charge in [0.1, 0.15) is 11.2 Å². The van der Waals surface area contributed by atoms with Gasteiger partial charge in [-0.3, -0.25) is 0 Å². The lowest BCUT2D eigenvalue weighted by atomic mass is 9.74. The summed E-state index contributed by atoms with van der Waals surface area (Å²) < 4.78 is 6.65. The van der Waals surface area contributed by atoms with E-state index >= 15 is 0 Å². The average molecular weight is 695 g/mol. The van der Waals surface area contributed by atoms with Crippen LogP contribution in [0.25, 0.3) is 32.7 Å². The number of benzene rings is 8. The van der Waals surface area contributed by atoms with E-state index in [9.17, 15) is 0 Å². The van der Waals surface area contributed by atoms with Crippen molar-refractivity contribution in [2.24, 2.45) is 0 Å². The van der Waals surface area contributed by atoms with Gasteiger partial charge >= 0.3 is 0 Å². The summed E-state index contributed by atoms with van der Waals surface area (Å²) in [5, 5.41) is 4.70. The minimum atomic E-state index is -0.143. The molecule has 11 rings (SSSR count). The van der Waals surface area contributed by atoms with Crippen molar-refractivity contribution in [3.63, 3.8) is 0 Å². The first-order valence-corrected chi connectivity index (χ1v) is 19.1. The van der Waals surface area contributed by atoms with Crippen LogP contribution in [0.5, 0.6) is 0 Å².